The van der Waals surface area contributed by atoms with E-state index in [9.17, 15) is 31.6 Å². The Balaban J connectivity index is 1.97. The molecule has 2 unspecified atom stereocenters. The van der Waals surface area contributed by atoms with Gasteiger partial charge in [-0.15, -0.1) is 0 Å². The van der Waals surface area contributed by atoms with Gasteiger partial charge in [0.25, 0.3) is 0 Å². The SMILES string of the molecule is N#CC1(Cc2cccc(-c3ccccc3)c2)C=CC=C(NCC(F)(F)F)C1C(F)(F)F. The first-order valence-corrected chi connectivity index (χ1v) is 9.36. The van der Waals surface area contributed by atoms with Crippen LogP contribution in [-0.4, -0.2) is 18.9 Å². The molecule has 0 aromatic heterocycles. The molecule has 0 bridgehead atoms. The van der Waals surface area contributed by atoms with Crippen LogP contribution in [0.1, 0.15) is 5.56 Å². The molecule has 8 heteroatoms. The number of allylic oxidation sites excluding steroid dienone is 4. The number of nitriles is 1. The van der Waals surface area contributed by atoms with Gasteiger partial charge >= 0.3 is 12.4 Å². The Morgan fingerprint density at radius 1 is 0.935 bits per heavy atom. The highest BCUT2D eigenvalue weighted by molar-refractivity contribution is 5.64. The van der Waals surface area contributed by atoms with Crippen molar-refractivity contribution in [1.29, 1.82) is 5.26 Å². The third kappa shape index (κ3) is 5.29. The van der Waals surface area contributed by atoms with Gasteiger partial charge in [0.2, 0.25) is 0 Å². The van der Waals surface area contributed by atoms with E-state index in [-0.39, 0.29) is 6.42 Å². The van der Waals surface area contributed by atoms with E-state index in [1.165, 1.54) is 6.08 Å². The van der Waals surface area contributed by atoms with Crippen LogP contribution in [0.25, 0.3) is 11.1 Å². The largest absolute Gasteiger partial charge is 0.405 e. The van der Waals surface area contributed by atoms with E-state index < -0.39 is 35.9 Å². The maximum atomic E-state index is 14.0. The minimum absolute atomic E-state index is 0.310. The first-order valence-electron chi connectivity index (χ1n) is 9.36. The van der Waals surface area contributed by atoms with Gasteiger partial charge in [0, 0.05) is 5.70 Å². The summed E-state index contributed by atoms with van der Waals surface area (Å²) < 4.78 is 79.8. The average molecular weight is 436 g/mol. The molecule has 0 aliphatic heterocycles. The smallest absolute Gasteiger partial charge is 0.379 e. The highest BCUT2D eigenvalue weighted by Crippen LogP contribution is 2.48. The van der Waals surface area contributed by atoms with E-state index in [1.807, 2.05) is 35.6 Å². The quantitative estimate of drug-likeness (QED) is 0.568. The Morgan fingerprint density at radius 2 is 1.61 bits per heavy atom. The summed E-state index contributed by atoms with van der Waals surface area (Å²) in [6.07, 6.45) is -6.67. The molecule has 162 valence electrons. The van der Waals surface area contributed by atoms with Crippen molar-refractivity contribution >= 4 is 0 Å². The van der Waals surface area contributed by atoms with Crippen LogP contribution in [0.5, 0.6) is 0 Å². The summed E-state index contributed by atoms with van der Waals surface area (Å²) in [5.74, 6) is -2.42. The summed E-state index contributed by atoms with van der Waals surface area (Å²) >= 11 is 0. The van der Waals surface area contributed by atoms with E-state index in [4.69, 9.17) is 0 Å². The molecule has 0 amide bonds. The van der Waals surface area contributed by atoms with E-state index in [0.29, 0.717) is 5.56 Å². The fourth-order valence-corrected chi connectivity index (χ4v) is 3.76. The van der Waals surface area contributed by atoms with Crippen LogP contribution in [0.2, 0.25) is 0 Å². The zero-order valence-corrected chi connectivity index (χ0v) is 16.1. The van der Waals surface area contributed by atoms with Crippen molar-refractivity contribution in [3.63, 3.8) is 0 Å². The van der Waals surface area contributed by atoms with Crippen LogP contribution in [-0.2, 0) is 6.42 Å². The number of hydrogen-bond acceptors (Lipinski definition) is 2. The van der Waals surface area contributed by atoms with Crippen LogP contribution < -0.4 is 5.32 Å². The Hall–Kier alpha value is -3.21. The van der Waals surface area contributed by atoms with Crippen molar-refractivity contribution in [1.82, 2.24) is 5.32 Å². The van der Waals surface area contributed by atoms with Crippen molar-refractivity contribution in [2.24, 2.45) is 11.3 Å². The minimum atomic E-state index is -4.93. The summed E-state index contributed by atoms with van der Waals surface area (Å²) in [5, 5.41) is 11.6. The standard InChI is InChI=1S/C23H18F6N2/c24-22(25,26)15-31-19-10-5-11-21(14-30,20(19)23(27,28)29)13-16-6-4-9-18(12-16)17-7-2-1-3-8-17/h1-12,20,31H,13,15H2. The molecule has 0 spiro atoms. The summed E-state index contributed by atoms with van der Waals surface area (Å²) in [6.45, 7) is -1.62. The van der Waals surface area contributed by atoms with Crippen molar-refractivity contribution in [3.8, 4) is 17.2 Å². The highest BCUT2D eigenvalue weighted by atomic mass is 19.4. The first-order chi connectivity index (χ1) is 14.5. The Bertz CT molecular complexity index is 1010. The van der Waals surface area contributed by atoms with Crippen LogP contribution >= 0.6 is 0 Å². The van der Waals surface area contributed by atoms with E-state index >= 15 is 0 Å². The molecule has 2 nitrogen and oxygen atoms in total. The molecule has 2 aromatic rings. The normalized spacial score (nSPS) is 21.3. The van der Waals surface area contributed by atoms with Gasteiger partial charge in [0.15, 0.2) is 0 Å². The van der Waals surface area contributed by atoms with Gasteiger partial charge in [-0.2, -0.15) is 31.6 Å². The lowest BCUT2D eigenvalue weighted by molar-refractivity contribution is -0.185. The number of alkyl halides is 6. The Morgan fingerprint density at radius 3 is 2.23 bits per heavy atom. The highest BCUT2D eigenvalue weighted by Gasteiger charge is 2.56. The molecule has 2 aromatic carbocycles. The maximum Gasteiger partial charge on any atom is 0.405 e. The van der Waals surface area contributed by atoms with Gasteiger partial charge in [-0.25, -0.2) is 0 Å². The zero-order chi connectivity index (χ0) is 22.7. The predicted molar refractivity (Wildman–Crippen MR) is 104 cm³/mol. The van der Waals surface area contributed by atoms with Gasteiger partial charge in [0.05, 0.1) is 11.5 Å². The van der Waals surface area contributed by atoms with E-state index in [2.05, 4.69) is 0 Å². The fourth-order valence-electron chi connectivity index (χ4n) is 3.76. The van der Waals surface area contributed by atoms with Gasteiger partial charge in [-0.1, -0.05) is 66.7 Å². The molecule has 1 N–H and O–H groups in total. The number of nitrogens with one attached hydrogen (secondary N) is 1. The zero-order valence-electron chi connectivity index (χ0n) is 16.1. The lowest BCUT2D eigenvalue weighted by Crippen LogP contribution is -2.46. The van der Waals surface area contributed by atoms with Crippen molar-refractivity contribution in [2.45, 2.75) is 18.8 Å². The number of halogens is 6. The second-order valence-electron chi connectivity index (χ2n) is 7.32. The molecule has 2 atom stereocenters. The Kier molecular flexibility index (Phi) is 6.16. The van der Waals surface area contributed by atoms with Crippen molar-refractivity contribution in [2.75, 3.05) is 6.54 Å². The van der Waals surface area contributed by atoms with Crippen LogP contribution in [0.15, 0.2) is 78.5 Å². The number of rotatable bonds is 5. The molecular formula is C23H18F6N2. The molecule has 0 radical (unpaired) electrons. The second kappa shape index (κ2) is 8.50. The molecule has 0 saturated heterocycles. The predicted octanol–water partition coefficient (Wildman–Crippen LogP) is 6.19. The molecule has 1 aliphatic rings. The van der Waals surface area contributed by atoms with Crippen molar-refractivity contribution < 1.29 is 26.3 Å². The molecular weight excluding hydrogens is 418 g/mol. The molecule has 31 heavy (non-hydrogen) atoms. The average Bonchev–Trinajstić information content (AvgIpc) is 2.71. The topological polar surface area (TPSA) is 35.8 Å². The second-order valence-corrected chi connectivity index (χ2v) is 7.32. The van der Waals surface area contributed by atoms with E-state index in [1.54, 1.807) is 30.3 Å². The third-order valence-electron chi connectivity index (χ3n) is 5.05. The molecule has 0 heterocycles. The molecule has 0 saturated carbocycles. The van der Waals surface area contributed by atoms with Crippen LogP contribution in [0.3, 0.4) is 0 Å². The van der Waals surface area contributed by atoms with Gasteiger partial charge in [-0.05, 0) is 29.2 Å². The first kappa shape index (κ1) is 22.5. The Labute approximate surface area is 175 Å². The monoisotopic (exact) mass is 436 g/mol. The lowest BCUT2D eigenvalue weighted by Gasteiger charge is -2.38. The number of hydrogen-bond donors (Lipinski definition) is 1. The fraction of sp³-hybridized carbons (Fsp3) is 0.261. The molecule has 1 aliphatic carbocycles. The summed E-state index contributed by atoms with van der Waals surface area (Å²) in [4.78, 5) is 0. The van der Waals surface area contributed by atoms with Gasteiger partial charge in [0.1, 0.15) is 12.5 Å². The molecule has 3 rings (SSSR count). The van der Waals surface area contributed by atoms with Gasteiger partial charge < -0.3 is 5.32 Å². The summed E-state index contributed by atoms with van der Waals surface area (Å²) in [5.41, 5.74) is -0.669. The summed E-state index contributed by atoms with van der Waals surface area (Å²) in [7, 11) is 0. The van der Waals surface area contributed by atoms with Crippen LogP contribution in [0.4, 0.5) is 26.3 Å². The lowest BCUT2D eigenvalue weighted by atomic mass is 9.68. The van der Waals surface area contributed by atoms with Crippen molar-refractivity contribution in [3.05, 3.63) is 84.1 Å². The number of nitrogens with zero attached hydrogens (tertiary/aromatic N) is 1. The molecule has 0 fully saturated rings. The van der Waals surface area contributed by atoms with Crippen LogP contribution in [0, 0.1) is 22.7 Å². The van der Waals surface area contributed by atoms with E-state index in [0.717, 1.165) is 23.3 Å². The van der Waals surface area contributed by atoms with Gasteiger partial charge in [-0.3, -0.25) is 0 Å². The maximum absolute atomic E-state index is 14.0. The number of benzene rings is 2. The third-order valence-corrected chi connectivity index (χ3v) is 5.05. The summed E-state index contributed by atoms with van der Waals surface area (Å²) in [6, 6.07) is 17.7. The minimum Gasteiger partial charge on any atom is -0.379 e.